The lowest BCUT2D eigenvalue weighted by Crippen LogP contribution is -2.37. The Hall–Kier alpha value is -2.74. The van der Waals surface area contributed by atoms with Crippen LogP contribution in [0.2, 0.25) is 0 Å². The van der Waals surface area contributed by atoms with Crippen molar-refractivity contribution in [2.24, 2.45) is 5.92 Å². The van der Waals surface area contributed by atoms with Gasteiger partial charge in [0, 0.05) is 17.6 Å². The number of ether oxygens (including phenoxy) is 1. The molecule has 3 rings (SSSR count). The van der Waals surface area contributed by atoms with E-state index in [-0.39, 0.29) is 6.54 Å². The Morgan fingerprint density at radius 2 is 2.00 bits per heavy atom. The summed E-state index contributed by atoms with van der Waals surface area (Å²) in [6.45, 7) is 1.55. The first-order valence-corrected chi connectivity index (χ1v) is 10.2. The third-order valence-corrected chi connectivity index (χ3v) is 6.01. The number of halogens is 1. The van der Waals surface area contributed by atoms with Gasteiger partial charge >= 0.3 is 5.97 Å². The molecule has 6 nitrogen and oxygen atoms in total. The smallest absolute Gasteiger partial charge is 0.348 e. The number of hydrogen-bond donors (Lipinski definition) is 1. The lowest BCUT2D eigenvalue weighted by Gasteiger charge is -2.16. The highest BCUT2D eigenvalue weighted by Crippen LogP contribution is 2.32. The molecule has 2 amide bonds. The molecule has 0 aliphatic heterocycles. The zero-order valence-electron chi connectivity index (χ0n) is 16.4. The summed E-state index contributed by atoms with van der Waals surface area (Å²) in [6.07, 6.45) is 3.05. The molecule has 0 saturated heterocycles. The largest absolute Gasteiger partial charge is 0.451 e. The Balaban J connectivity index is 1.46. The fraction of sp³-hybridized carbons (Fsp3) is 0.381. The van der Waals surface area contributed by atoms with E-state index in [9.17, 15) is 18.8 Å². The van der Waals surface area contributed by atoms with Crippen LogP contribution in [-0.2, 0) is 27.2 Å². The lowest BCUT2D eigenvalue weighted by molar-refractivity contribution is -0.136. The quantitative estimate of drug-likeness (QED) is 0.731. The van der Waals surface area contributed by atoms with Crippen LogP contribution in [0.3, 0.4) is 0 Å². The highest BCUT2D eigenvalue weighted by molar-refractivity contribution is 7.14. The Bertz CT molecular complexity index is 910. The maximum absolute atomic E-state index is 12.9. The molecule has 154 valence electrons. The van der Waals surface area contributed by atoms with Gasteiger partial charge in [-0.2, -0.15) is 0 Å². The van der Waals surface area contributed by atoms with Gasteiger partial charge in [-0.25, -0.2) is 9.18 Å². The van der Waals surface area contributed by atoms with E-state index in [4.69, 9.17) is 4.74 Å². The molecule has 1 aromatic carbocycles. The van der Waals surface area contributed by atoms with Gasteiger partial charge in [0.2, 0.25) is 5.91 Å². The summed E-state index contributed by atoms with van der Waals surface area (Å²) < 4.78 is 18.0. The van der Waals surface area contributed by atoms with Crippen molar-refractivity contribution in [3.05, 3.63) is 51.5 Å². The van der Waals surface area contributed by atoms with E-state index >= 15 is 0 Å². The summed E-state index contributed by atoms with van der Waals surface area (Å²) in [4.78, 5) is 39.3. The standard InChI is InChI=1S/C21H23FN2O4S/c1-13-3-8-17-14(9-13)10-18(29-17)21(27)28-12-20(26)24(2)11-19(25)23-16-6-4-15(22)5-7-16/h4-7,10,13H,3,8-9,11-12H2,1-2H3,(H,23,25)/t13-/m0/s1. The van der Waals surface area contributed by atoms with E-state index in [0.29, 0.717) is 16.5 Å². The molecule has 0 unspecified atom stereocenters. The van der Waals surface area contributed by atoms with Gasteiger partial charge in [0.25, 0.3) is 5.91 Å². The molecular formula is C21H23FN2O4S. The van der Waals surface area contributed by atoms with Crippen molar-refractivity contribution >= 4 is 34.8 Å². The predicted molar refractivity (Wildman–Crippen MR) is 108 cm³/mol. The molecule has 1 N–H and O–H groups in total. The number of fused-ring (bicyclic) bond motifs is 1. The SMILES string of the molecule is C[C@H]1CCc2sc(C(=O)OCC(=O)N(C)CC(=O)Nc3ccc(F)cc3)cc2C1. The topological polar surface area (TPSA) is 75.7 Å². The molecule has 1 aliphatic carbocycles. The Kier molecular flexibility index (Phi) is 6.64. The molecular weight excluding hydrogens is 395 g/mol. The van der Waals surface area contributed by atoms with Crippen molar-refractivity contribution in [1.29, 1.82) is 0 Å². The molecule has 1 heterocycles. The number of nitrogens with zero attached hydrogens (tertiary/aromatic N) is 1. The van der Waals surface area contributed by atoms with Crippen molar-refractivity contribution < 1.29 is 23.5 Å². The Labute approximate surface area is 172 Å². The van der Waals surface area contributed by atoms with Gasteiger partial charge < -0.3 is 15.0 Å². The van der Waals surface area contributed by atoms with Crippen LogP contribution in [0.15, 0.2) is 30.3 Å². The average Bonchev–Trinajstić information content (AvgIpc) is 3.10. The number of rotatable bonds is 6. The molecule has 1 atom stereocenters. The maximum Gasteiger partial charge on any atom is 0.348 e. The zero-order valence-corrected chi connectivity index (χ0v) is 17.2. The minimum atomic E-state index is -0.519. The summed E-state index contributed by atoms with van der Waals surface area (Å²) in [5, 5.41) is 2.57. The van der Waals surface area contributed by atoms with Gasteiger partial charge in [-0.05, 0) is 61.1 Å². The number of benzene rings is 1. The summed E-state index contributed by atoms with van der Waals surface area (Å²) in [5.41, 5.74) is 1.63. The molecule has 0 saturated carbocycles. The number of esters is 1. The van der Waals surface area contributed by atoms with Gasteiger partial charge in [-0.3, -0.25) is 9.59 Å². The van der Waals surface area contributed by atoms with Gasteiger partial charge in [0.1, 0.15) is 10.7 Å². The molecule has 1 aliphatic rings. The van der Waals surface area contributed by atoms with Crippen LogP contribution in [0.4, 0.5) is 10.1 Å². The summed E-state index contributed by atoms with van der Waals surface area (Å²) >= 11 is 1.43. The van der Waals surface area contributed by atoms with Crippen molar-refractivity contribution in [3.63, 3.8) is 0 Å². The van der Waals surface area contributed by atoms with Crippen molar-refractivity contribution in [3.8, 4) is 0 Å². The third kappa shape index (κ3) is 5.63. The van der Waals surface area contributed by atoms with Crippen LogP contribution in [-0.4, -0.2) is 42.9 Å². The first-order chi connectivity index (χ1) is 13.8. The van der Waals surface area contributed by atoms with Gasteiger partial charge in [-0.15, -0.1) is 11.3 Å². The van der Waals surface area contributed by atoms with Crippen LogP contribution in [0, 0.1) is 11.7 Å². The average molecular weight is 418 g/mol. The molecule has 29 heavy (non-hydrogen) atoms. The van der Waals surface area contributed by atoms with Crippen molar-refractivity contribution in [1.82, 2.24) is 4.90 Å². The first-order valence-electron chi connectivity index (χ1n) is 9.40. The number of hydrogen-bond acceptors (Lipinski definition) is 5. The van der Waals surface area contributed by atoms with Crippen LogP contribution < -0.4 is 5.32 Å². The lowest BCUT2D eigenvalue weighted by atomic mass is 9.90. The Morgan fingerprint density at radius 3 is 2.72 bits per heavy atom. The number of likely N-dealkylation sites (N-methyl/N-ethyl adjacent to an activating group) is 1. The van der Waals surface area contributed by atoms with Crippen LogP contribution in [0.1, 0.15) is 33.5 Å². The zero-order chi connectivity index (χ0) is 21.0. The second-order valence-corrected chi connectivity index (χ2v) is 8.42. The maximum atomic E-state index is 12.9. The monoisotopic (exact) mass is 418 g/mol. The van der Waals surface area contributed by atoms with E-state index in [1.165, 1.54) is 58.0 Å². The molecule has 2 aromatic rings. The van der Waals surface area contributed by atoms with Crippen LogP contribution in [0.25, 0.3) is 0 Å². The van der Waals surface area contributed by atoms with Crippen molar-refractivity contribution in [2.75, 3.05) is 25.5 Å². The predicted octanol–water partition coefficient (Wildman–Crippen LogP) is 3.27. The fourth-order valence-corrected chi connectivity index (χ4v) is 4.25. The van der Waals surface area contributed by atoms with E-state index < -0.39 is 30.2 Å². The first kappa shape index (κ1) is 21.0. The van der Waals surface area contributed by atoms with Crippen LogP contribution >= 0.6 is 11.3 Å². The molecule has 0 spiro atoms. The number of thiophene rings is 1. The molecule has 1 aromatic heterocycles. The second-order valence-electron chi connectivity index (χ2n) is 7.29. The van der Waals surface area contributed by atoms with Crippen LogP contribution in [0.5, 0.6) is 0 Å². The van der Waals surface area contributed by atoms with Crippen molar-refractivity contribution in [2.45, 2.75) is 26.2 Å². The van der Waals surface area contributed by atoms with Gasteiger partial charge in [0.15, 0.2) is 6.61 Å². The number of anilines is 1. The molecule has 0 bridgehead atoms. The number of amides is 2. The highest BCUT2D eigenvalue weighted by Gasteiger charge is 2.22. The summed E-state index contributed by atoms with van der Waals surface area (Å²) in [5.74, 6) is -1.23. The number of nitrogens with one attached hydrogen (secondary N) is 1. The highest BCUT2D eigenvalue weighted by atomic mass is 32.1. The molecule has 0 radical (unpaired) electrons. The van der Waals surface area contributed by atoms with E-state index in [1.807, 2.05) is 6.07 Å². The number of carbonyl (C=O) groups excluding carboxylic acids is 3. The van der Waals surface area contributed by atoms with E-state index in [0.717, 1.165) is 19.3 Å². The Morgan fingerprint density at radius 1 is 1.28 bits per heavy atom. The number of aryl methyl sites for hydroxylation is 1. The minimum absolute atomic E-state index is 0.209. The summed E-state index contributed by atoms with van der Waals surface area (Å²) in [6, 6.07) is 7.18. The van der Waals surface area contributed by atoms with Gasteiger partial charge in [-0.1, -0.05) is 6.92 Å². The minimum Gasteiger partial charge on any atom is -0.451 e. The second kappa shape index (κ2) is 9.17. The van der Waals surface area contributed by atoms with Gasteiger partial charge in [0.05, 0.1) is 6.54 Å². The number of carbonyl (C=O) groups is 3. The third-order valence-electron chi connectivity index (χ3n) is 4.79. The molecule has 8 heteroatoms. The van der Waals surface area contributed by atoms with E-state index in [1.54, 1.807) is 0 Å². The normalized spacial score (nSPS) is 15.3. The fourth-order valence-electron chi connectivity index (χ4n) is 3.15. The summed E-state index contributed by atoms with van der Waals surface area (Å²) in [7, 11) is 1.45. The van der Waals surface area contributed by atoms with E-state index in [2.05, 4.69) is 12.2 Å². The molecule has 0 fully saturated rings.